The van der Waals surface area contributed by atoms with E-state index in [-0.39, 0.29) is 11.9 Å². The van der Waals surface area contributed by atoms with E-state index in [0.29, 0.717) is 5.56 Å². The van der Waals surface area contributed by atoms with E-state index in [1.165, 1.54) is 5.56 Å². The smallest absolute Gasteiger partial charge is 0.260 e. The molecule has 1 atom stereocenters. The second kappa shape index (κ2) is 4.45. The molecule has 0 bridgehead atoms. The Morgan fingerprint density at radius 2 is 2.10 bits per heavy atom. The van der Waals surface area contributed by atoms with E-state index in [0.717, 1.165) is 23.1 Å². The van der Waals surface area contributed by atoms with Crippen LogP contribution in [0.2, 0.25) is 0 Å². The monoisotopic (exact) mass is 277 g/mol. The van der Waals surface area contributed by atoms with E-state index in [1.54, 1.807) is 6.33 Å². The van der Waals surface area contributed by atoms with Gasteiger partial charge in [0.05, 0.1) is 17.4 Å². The van der Waals surface area contributed by atoms with Crippen LogP contribution in [0.3, 0.4) is 0 Å². The van der Waals surface area contributed by atoms with E-state index >= 15 is 0 Å². The minimum absolute atomic E-state index is 0.0187. The van der Waals surface area contributed by atoms with E-state index in [1.807, 2.05) is 41.3 Å². The minimum Gasteiger partial charge on any atom is -0.345 e. The molecule has 3 aromatic rings. The van der Waals surface area contributed by atoms with Crippen molar-refractivity contribution in [3.8, 4) is 0 Å². The summed E-state index contributed by atoms with van der Waals surface area (Å²) in [6.45, 7) is 2.09. The number of imidazole rings is 1. The number of para-hydroxylation sites is 2. The molecule has 0 aliphatic carbocycles. The molecular weight excluding hydrogens is 262 g/mol. The molecule has 0 fully saturated rings. The summed E-state index contributed by atoms with van der Waals surface area (Å²) in [6, 6.07) is 13.9. The normalized spacial score (nSPS) is 17.2. The van der Waals surface area contributed by atoms with Crippen molar-refractivity contribution < 1.29 is 4.79 Å². The van der Waals surface area contributed by atoms with E-state index in [2.05, 4.69) is 23.0 Å². The zero-order chi connectivity index (χ0) is 14.4. The van der Waals surface area contributed by atoms with Gasteiger partial charge in [0.15, 0.2) is 0 Å². The number of anilines is 1. The molecular formula is C17H15N3O. The Hall–Kier alpha value is -2.62. The maximum absolute atomic E-state index is 13.0. The summed E-state index contributed by atoms with van der Waals surface area (Å²) in [5.41, 5.74) is 4.52. The van der Waals surface area contributed by atoms with Crippen LogP contribution in [-0.2, 0) is 6.42 Å². The molecule has 2 heterocycles. The Kier molecular flexibility index (Phi) is 2.57. The van der Waals surface area contributed by atoms with Gasteiger partial charge in [0.25, 0.3) is 5.91 Å². The van der Waals surface area contributed by atoms with Crippen molar-refractivity contribution in [2.45, 2.75) is 19.4 Å². The van der Waals surface area contributed by atoms with Gasteiger partial charge in [0, 0.05) is 11.7 Å². The van der Waals surface area contributed by atoms with Crippen LogP contribution >= 0.6 is 0 Å². The van der Waals surface area contributed by atoms with Crippen molar-refractivity contribution in [2.75, 3.05) is 4.90 Å². The lowest BCUT2D eigenvalue weighted by Crippen LogP contribution is -2.35. The lowest BCUT2D eigenvalue weighted by atomic mass is 10.1. The number of amides is 1. The third-order valence-corrected chi connectivity index (χ3v) is 4.11. The van der Waals surface area contributed by atoms with Crippen molar-refractivity contribution in [1.82, 2.24) is 9.97 Å². The molecule has 4 rings (SSSR count). The summed E-state index contributed by atoms with van der Waals surface area (Å²) in [4.78, 5) is 22.2. The van der Waals surface area contributed by atoms with E-state index < -0.39 is 0 Å². The van der Waals surface area contributed by atoms with Crippen LogP contribution in [-0.4, -0.2) is 21.9 Å². The Morgan fingerprint density at radius 3 is 3.00 bits per heavy atom. The molecule has 0 spiro atoms. The molecule has 1 aliphatic heterocycles. The third kappa shape index (κ3) is 1.76. The van der Waals surface area contributed by atoms with Gasteiger partial charge in [-0.1, -0.05) is 24.3 Å². The molecule has 0 saturated carbocycles. The lowest BCUT2D eigenvalue weighted by molar-refractivity contribution is 0.0983. The van der Waals surface area contributed by atoms with E-state index in [4.69, 9.17) is 0 Å². The van der Waals surface area contributed by atoms with Crippen LogP contribution in [0.15, 0.2) is 48.8 Å². The highest BCUT2D eigenvalue weighted by Gasteiger charge is 2.32. The number of carbonyl (C=O) groups excluding carboxylic acids is 1. The lowest BCUT2D eigenvalue weighted by Gasteiger charge is -2.23. The van der Waals surface area contributed by atoms with E-state index in [9.17, 15) is 4.79 Å². The molecule has 2 aromatic carbocycles. The fourth-order valence-corrected chi connectivity index (χ4v) is 3.14. The van der Waals surface area contributed by atoms with Crippen molar-refractivity contribution in [1.29, 1.82) is 0 Å². The number of carbonyl (C=O) groups is 1. The van der Waals surface area contributed by atoms with Crippen molar-refractivity contribution >= 4 is 22.6 Å². The fourth-order valence-electron chi connectivity index (χ4n) is 3.14. The predicted molar refractivity (Wildman–Crippen MR) is 82.5 cm³/mol. The van der Waals surface area contributed by atoms with Gasteiger partial charge in [-0.3, -0.25) is 4.79 Å². The molecule has 1 amide bonds. The Morgan fingerprint density at radius 1 is 1.24 bits per heavy atom. The van der Waals surface area contributed by atoms with Gasteiger partial charge in [-0.15, -0.1) is 0 Å². The van der Waals surface area contributed by atoms with Gasteiger partial charge >= 0.3 is 0 Å². The number of fused-ring (bicyclic) bond motifs is 2. The number of nitrogens with zero attached hydrogens (tertiary/aromatic N) is 2. The maximum atomic E-state index is 13.0. The second-order valence-corrected chi connectivity index (χ2v) is 5.46. The van der Waals surface area contributed by atoms with Gasteiger partial charge in [0.2, 0.25) is 0 Å². The quantitative estimate of drug-likeness (QED) is 0.742. The van der Waals surface area contributed by atoms with Gasteiger partial charge in [-0.2, -0.15) is 0 Å². The van der Waals surface area contributed by atoms with Crippen molar-refractivity contribution in [3.05, 3.63) is 59.9 Å². The number of aromatic amines is 1. The molecule has 0 radical (unpaired) electrons. The largest absolute Gasteiger partial charge is 0.345 e. The Bertz CT molecular complexity index is 837. The van der Waals surface area contributed by atoms with Crippen LogP contribution in [0.1, 0.15) is 22.8 Å². The first-order valence-corrected chi connectivity index (χ1v) is 7.09. The number of rotatable bonds is 1. The number of H-pyrrole nitrogens is 1. The van der Waals surface area contributed by atoms with Gasteiger partial charge in [-0.25, -0.2) is 4.98 Å². The second-order valence-electron chi connectivity index (χ2n) is 5.46. The summed E-state index contributed by atoms with van der Waals surface area (Å²) in [7, 11) is 0. The SMILES string of the molecule is CC1Cc2ccccc2N1C(=O)c1cccc2[nH]cnc12. The topological polar surface area (TPSA) is 49.0 Å². The van der Waals surface area contributed by atoms with Crippen LogP contribution in [0, 0.1) is 0 Å². The van der Waals surface area contributed by atoms with Crippen molar-refractivity contribution in [3.63, 3.8) is 0 Å². The first kappa shape index (κ1) is 12.1. The highest BCUT2D eigenvalue weighted by Crippen LogP contribution is 2.33. The summed E-state index contributed by atoms with van der Waals surface area (Å²) < 4.78 is 0. The molecule has 1 unspecified atom stereocenters. The van der Waals surface area contributed by atoms with Crippen molar-refractivity contribution in [2.24, 2.45) is 0 Å². The average Bonchev–Trinajstić information content (AvgIpc) is 3.09. The zero-order valence-electron chi connectivity index (χ0n) is 11.7. The number of benzene rings is 2. The summed E-state index contributed by atoms with van der Waals surface area (Å²) >= 11 is 0. The number of hydrogen-bond donors (Lipinski definition) is 1. The average molecular weight is 277 g/mol. The molecule has 21 heavy (non-hydrogen) atoms. The number of aromatic nitrogens is 2. The molecule has 4 nitrogen and oxygen atoms in total. The van der Waals surface area contributed by atoms with Crippen LogP contribution in [0.5, 0.6) is 0 Å². The third-order valence-electron chi connectivity index (χ3n) is 4.11. The fraction of sp³-hybridized carbons (Fsp3) is 0.176. The van der Waals surface area contributed by atoms with Gasteiger partial charge < -0.3 is 9.88 Å². The number of nitrogens with one attached hydrogen (secondary N) is 1. The molecule has 1 aromatic heterocycles. The molecule has 1 aliphatic rings. The molecule has 0 saturated heterocycles. The minimum atomic E-state index is 0.0187. The van der Waals surface area contributed by atoms with Crippen LogP contribution in [0.4, 0.5) is 5.69 Å². The standard InChI is InChI=1S/C17H15N3O/c1-11-9-12-5-2-3-8-15(12)20(11)17(21)13-6-4-7-14-16(13)19-10-18-14/h2-8,10-11H,9H2,1H3,(H,18,19). The zero-order valence-corrected chi connectivity index (χ0v) is 11.7. The highest BCUT2D eigenvalue weighted by atomic mass is 16.2. The maximum Gasteiger partial charge on any atom is 0.260 e. The highest BCUT2D eigenvalue weighted by molar-refractivity contribution is 6.13. The first-order chi connectivity index (χ1) is 10.3. The molecule has 104 valence electrons. The van der Waals surface area contributed by atoms with Gasteiger partial charge in [0.1, 0.15) is 5.52 Å². The van der Waals surface area contributed by atoms with Crippen LogP contribution < -0.4 is 4.90 Å². The number of hydrogen-bond acceptors (Lipinski definition) is 2. The predicted octanol–water partition coefficient (Wildman–Crippen LogP) is 3.15. The summed E-state index contributed by atoms with van der Waals surface area (Å²) in [6.07, 6.45) is 2.53. The Balaban J connectivity index is 1.84. The summed E-state index contributed by atoms with van der Waals surface area (Å²) in [5, 5.41) is 0. The summed E-state index contributed by atoms with van der Waals surface area (Å²) in [5.74, 6) is 0.0187. The van der Waals surface area contributed by atoms with Gasteiger partial charge in [-0.05, 0) is 37.1 Å². The van der Waals surface area contributed by atoms with Crippen LogP contribution in [0.25, 0.3) is 11.0 Å². The molecule has 4 heteroatoms. The first-order valence-electron chi connectivity index (χ1n) is 7.09. The molecule has 1 N–H and O–H groups in total. The Labute approximate surface area is 122 Å².